The molecule has 7 nitrogen and oxygen atoms in total. The van der Waals surface area contributed by atoms with Gasteiger partial charge in [0, 0.05) is 23.8 Å². The summed E-state index contributed by atoms with van der Waals surface area (Å²) < 4.78 is 0. The van der Waals surface area contributed by atoms with Crippen LogP contribution in [0.1, 0.15) is 87.0 Å². The van der Waals surface area contributed by atoms with Gasteiger partial charge in [0.1, 0.15) is 0 Å². The summed E-state index contributed by atoms with van der Waals surface area (Å²) in [7, 11) is 0. The molecule has 0 aromatic carbocycles. The molecule has 4 aliphatic carbocycles. The maximum atomic E-state index is 14.1. The van der Waals surface area contributed by atoms with Crippen LogP contribution in [0.2, 0.25) is 0 Å². The average molecular weight is 517 g/mol. The Bertz CT molecular complexity index is 1090. The quantitative estimate of drug-likeness (QED) is 0.408. The third-order valence-corrected chi connectivity index (χ3v) is 11.4. The average Bonchev–Trinajstić information content (AvgIpc) is 2.99. The largest absolute Gasteiger partial charge is 0.481 e. The molecule has 0 saturated heterocycles. The molecule has 0 bridgehead atoms. The number of carbonyl (C=O) groups excluding carboxylic acids is 2. The first-order valence-electron chi connectivity index (χ1n) is 13.7. The van der Waals surface area contributed by atoms with E-state index in [1.165, 1.54) is 13.0 Å². The van der Waals surface area contributed by atoms with Gasteiger partial charge >= 0.3 is 5.97 Å². The van der Waals surface area contributed by atoms with Gasteiger partial charge < -0.3 is 20.4 Å². The molecule has 2 saturated carbocycles. The van der Waals surface area contributed by atoms with E-state index >= 15 is 0 Å². The van der Waals surface area contributed by atoms with E-state index in [4.69, 9.17) is 5.11 Å². The van der Waals surface area contributed by atoms with Crippen LogP contribution < -0.4 is 0 Å². The van der Waals surface area contributed by atoms with E-state index in [-0.39, 0.29) is 36.2 Å². The predicted molar refractivity (Wildman–Crippen MR) is 138 cm³/mol. The van der Waals surface area contributed by atoms with E-state index in [0.717, 1.165) is 5.57 Å². The molecule has 0 aromatic rings. The highest BCUT2D eigenvalue weighted by Gasteiger charge is 2.69. The van der Waals surface area contributed by atoms with Gasteiger partial charge in [-0.2, -0.15) is 0 Å². The number of allylic oxidation sites excluding steroid dienone is 3. The number of Topliss-reactive ketones (excluding diaryl/α,β-unsaturated/α-hetero) is 1. The summed E-state index contributed by atoms with van der Waals surface area (Å²) in [4.78, 5) is 37.9. The topological polar surface area (TPSA) is 132 Å². The Kier molecular flexibility index (Phi) is 6.74. The molecule has 0 radical (unpaired) electrons. The number of hydrogen-bond donors (Lipinski definition) is 4. The Morgan fingerprint density at radius 3 is 2.27 bits per heavy atom. The number of aliphatic hydroxyl groups is 3. The van der Waals surface area contributed by atoms with Crippen molar-refractivity contribution in [1.82, 2.24) is 0 Å². The number of aliphatic carboxylic acids is 1. The zero-order chi connectivity index (χ0) is 27.9. The van der Waals surface area contributed by atoms with Crippen molar-refractivity contribution >= 4 is 17.5 Å². The van der Waals surface area contributed by atoms with Crippen molar-refractivity contribution in [3.05, 3.63) is 22.8 Å². The van der Waals surface area contributed by atoms with Crippen molar-refractivity contribution in [2.75, 3.05) is 0 Å². The number of rotatable bonds is 5. The standard InChI is InChI=1S/C30H44O7/c1-15(10-17(31)11-16(2)26(36)37)18-12-23(35)30(7)25-19(32)13-21-27(3,4)22(34)8-9-28(21,5)24(25)20(33)14-29(18,30)6/h10,16,18-19,21-23,32,34-35H,8-9,11-14H2,1-7H3,(H,36,37)/b15-10+/t16-,18+,19-,21-,22-,23-,28-,29+,30-/m0/s1. The molecule has 37 heavy (non-hydrogen) atoms. The fraction of sp³-hybridized carbons (Fsp3) is 0.767. The fourth-order valence-electron chi connectivity index (χ4n) is 8.96. The molecule has 4 aliphatic rings. The van der Waals surface area contributed by atoms with Crippen molar-refractivity contribution in [3.63, 3.8) is 0 Å². The number of ketones is 2. The minimum atomic E-state index is -1.02. The summed E-state index contributed by atoms with van der Waals surface area (Å²) in [5, 5.41) is 43.2. The maximum absolute atomic E-state index is 14.1. The SMILES string of the molecule is C/C(=C\C(=O)C[C@H](C)C(=O)O)[C@H]1C[C@H](O)[C@@]2(C)C3=C(C(=O)C[C@]12C)[C@@]1(C)CC[C@H](O)C(C)(C)[C@@H]1C[C@@H]3O. The van der Waals surface area contributed by atoms with Crippen LogP contribution in [0.25, 0.3) is 0 Å². The van der Waals surface area contributed by atoms with Crippen LogP contribution in [0.4, 0.5) is 0 Å². The lowest BCUT2D eigenvalue weighted by molar-refractivity contribution is -0.142. The first-order chi connectivity index (χ1) is 16.9. The lowest BCUT2D eigenvalue weighted by atomic mass is 9.42. The molecule has 0 aromatic heterocycles. The van der Waals surface area contributed by atoms with E-state index in [1.807, 2.05) is 34.6 Å². The number of carbonyl (C=O) groups is 3. The Morgan fingerprint density at radius 2 is 1.68 bits per heavy atom. The van der Waals surface area contributed by atoms with Crippen LogP contribution in [0.5, 0.6) is 0 Å². The molecular formula is C30H44O7. The van der Waals surface area contributed by atoms with Crippen molar-refractivity contribution in [2.45, 2.75) is 105 Å². The van der Waals surface area contributed by atoms with E-state index < -0.39 is 51.9 Å². The summed E-state index contributed by atoms with van der Waals surface area (Å²) in [6, 6.07) is 0. The number of hydrogen-bond acceptors (Lipinski definition) is 6. The van der Waals surface area contributed by atoms with E-state index in [0.29, 0.717) is 36.8 Å². The van der Waals surface area contributed by atoms with E-state index in [2.05, 4.69) is 6.92 Å². The highest BCUT2D eigenvalue weighted by Crippen LogP contribution is 2.71. The molecule has 0 heterocycles. The second kappa shape index (κ2) is 8.85. The monoisotopic (exact) mass is 516 g/mol. The van der Waals surface area contributed by atoms with Crippen molar-refractivity contribution in [1.29, 1.82) is 0 Å². The molecule has 7 heteroatoms. The van der Waals surface area contributed by atoms with Crippen LogP contribution in [0.15, 0.2) is 22.8 Å². The number of carboxylic acid groups (broad SMARTS) is 1. The molecule has 0 amide bonds. The third kappa shape index (κ3) is 3.82. The zero-order valence-corrected chi connectivity index (χ0v) is 23.3. The van der Waals surface area contributed by atoms with Crippen LogP contribution in [0, 0.1) is 39.4 Å². The Labute approximate surface area is 220 Å². The molecular weight excluding hydrogens is 472 g/mol. The summed E-state index contributed by atoms with van der Waals surface area (Å²) in [6.45, 7) is 13.4. The van der Waals surface area contributed by atoms with Gasteiger partial charge in [-0.25, -0.2) is 0 Å². The molecule has 0 aliphatic heterocycles. The minimum Gasteiger partial charge on any atom is -0.481 e. The molecule has 0 unspecified atom stereocenters. The van der Waals surface area contributed by atoms with Crippen LogP contribution >= 0.6 is 0 Å². The molecule has 4 N–H and O–H groups in total. The Morgan fingerprint density at radius 1 is 1.05 bits per heavy atom. The highest BCUT2D eigenvalue weighted by molar-refractivity contribution is 6.00. The fourth-order valence-corrected chi connectivity index (χ4v) is 8.96. The van der Waals surface area contributed by atoms with Gasteiger partial charge in [0.15, 0.2) is 11.6 Å². The normalized spacial score (nSPS) is 44.1. The molecule has 4 rings (SSSR count). The number of aliphatic hydroxyl groups excluding tert-OH is 3. The highest BCUT2D eigenvalue weighted by atomic mass is 16.4. The minimum absolute atomic E-state index is 0.00820. The van der Waals surface area contributed by atoms with Gasteiger partial charge in [-0.15, -0.1) is 0 Å². The summed E-state index contributed by atoms with van der Waals surface area (Å²) in [5.74, 6) is -2.44. The van der Waals surface area contributed by atoms with Gasteiger partial charge in [-0.05, 0) is 72.3 Å². The second-order valence-corrected chi connectivity index (χ2v) is 13.7. The van der Waals surface area contributed by atoms with Gasteiger partial charge in [0.2, 0.25) is 0 Å². The molecule has 2 fully saturated rings. The van der Waals surface area contributed by atoms with Crippen molar-refractivity contribution < 1.29 is 34.8 Å². The van der Waals surface area contributed by atoms with Crippen LogP contribution in [-0.2, 0) is 14.4 Å². The zero-order valence-electron chi connectivity index (χ0n) is 23.3. The first kappa shape index (κ1) is 28.2. The van der Waals surface area contributed by atoms with E-state index in [9.17, 15) is 29.7 Å². The van der Waals surface area contributed by atoms with Crippen molar-refractivity contribution in [2.24, 2.45) is 39.4 Å². The third-order valence-electron chi connectivity index (χ3n) is 11.4. The molecule has 0 spiro atoms. The summed E-state index contributed by atoms with van der Waals surface area (Å²) in [5.41, 5.74) is -0.477. The van der Waals surface area contributed by atoms with Gasteiger partial charge in [-0.3, -0.25) is 14.4 Å². The van der Waals surface area contributed by atoms with Gasteiger partial charge in [-0.1, -0.05) is 47.1 Å². The number of fused-ring (bicyclic) bond motifs is 4. The summed E-state index contributed by atoms with van der Waals surface area (Å²) in [6.07, 6.45) is 1.39. The molecule has 206 valence electrons. The second-order valence-electron chi connectivity index (χ2n) is 13.7. The van der Waals surface area contributed by atoms with Gasteiger partial charge in [0.05, 0.1) is 24.2 Å². The maximum Gasteiger partial charge on any atom is 0.306 e. The number of carboxylic acids is 1. The Balaban J connectivity index is 1.79. The Hall–Kier alpha value is -1.83. The first-order valence-corrected chi connectivity index (χ1v) is 13.7. The van der Waals surface area contributed by atoms with Crippen LogP contribution in [0.3, 0.4) is 0 Å². The lowest BCUT2D eigenvalue weighted by Gasteiger charge is -2.62. The van der Waals surface area contributed by atoms with Crippen LogP contribution in [-0.4, -0.2) is 56.3 Å². The van der Waals surface area contributed by atoms with E-state index in [1.54, 1.807) is 0 Å². The summed E-state index contributed by atoms with van der Waals surface area (Å²) >= 11 is 0. The predicted octanol–water partition coefficient (Wildman–Crippen LogP) is 3.84. The lowest BCUT2D eigenvalue weighted by Crippen LogP contribution is -2.60. The van der Waals surface area contributed by atoms with Crippen molar-refractivity contribution in [3.8, 4) is 0 Å². The smallest absolute Gasteiger partial charge is 0.306 e. The van der Waals surface area contributed by atoms with Gasteiger partial charge in [0.25, 0.3) is 0 Å². The molecule has 9 atom stereocenters.